The monoisotopic (exact) mass is 322 g/mol. The molecule has 0 amide bonds. The van der Waals surface area contributed by atoms with E-state index in [1.54, 1.807) is 12.1 Å². The van der Waals surface area contributed by atoms with Gasteiger partial charge in [0.05, 0.1) is 13.3 Å². The topological polar surface area (TPSA) is 97.8 Å². The highest BCUT2D eigenvalue weighted by atomic mass is 19.4. The molecule has 0 aliphatic carbocycles. The second kappa shape index (κ2) is 7.59. The van der Waals surface area contributed by atoms with Gasteiger partial charge in [-0.05, 0) is 12.1 Å². The summed E-state index contributed by atoms with van der Waals surface area (Å²) in [6.45, 7) is 1.72. The number of hydrogen-bond acceptors (Lipinski definition) is 6. The number of ether oxygens (including phenoxy) is 2. The fourth-order valence-electron chi connectivity index (χ4n) is 1.21. The number of rotatable bonds is 3. The molecule has 1 aromatic rings. The number of carbonyl (C=O) groups is 2. The van der Waals surface area contributed by atoms with E-state index in [9.17, 15) is 18.0 Å². The zero-order chi connectivity index (χ0) is 16.8. The molecular weight excluding hydrogens is 309 g/mol. The Bertz CT molecular complexity index is 514. The molecule has 2 N–H and O–H groups in total. The molecule has 1 aromatic heterocycles. The van der Waals surface area contributed by atoms with E-state index >= 15 is 0 Å². The first-order valence-corrected chi connectivity index (χ1v) is 5.96. The number of esters is 1. The third kappa shape index (κ3) is 5.56. The molecule has 1 aliphatic rings. The molecule has 0 atom stereocenters. The lowest BCUT2D eigenvalue weighted by molar-refractivity contribution is -0.192. The largest absolute Gasteiger partial charge is 0.490 e. The molecule has 0 spiro atoms. The Hall–Kier alpha value is -2.36. The van der Waals surface area contributed by atoms with Crippen molar-refractivity contribution in [1.29, 1.82) is 0 Å². The van der Waals surface area contributed by atoms with E-state index in [1.165, 1.54) is 13.3 Å². The van der Waals surface area contributed by atoms with Crippen LogP contribution in [0.4, 0.5) is 13.2 Å². The van der Waals surface area contributed by atoms with Gasteiger partial charge in [0.25, 0.3) is 0 Å². The van der Waals surface area contributed by atoms with Crippen LogP contribution in [-0.4, -0.2) is 54.5 Å². The Kier molecular flexibility index (Phi) is 6.11. The van der Waals surface area contributed by atoms with Crippen LogP contribution >= 0.6 is 0 Å². The van der Waals surface area contributed by atoms with Crippen molar-refractivity contribution in [2.24, 2.45) is 0 Å². The van der Waals surface area contributed by atoms with Gasteiger partial charge in [-0.25, -0.2) is 14.6 Å². The fraction of sp³-hybridized carbons (Fsp3) is 0.417. The van der Waals surface area contributed by atoms with Crippen LogP contribution in [0.3, 0.4) is 0 Å². The molecular formula is C12H13F3N2O5. The van der Waals surface area contributed by atoms with Crippen LogP contribution in [0, 0.1) is 0 Å². The first-order valence-electron chi connectivity index (χ1n) is 5.96. The van der Waals surface area contributed by atoms with Crippen LogP contribution < -0.4 is 10.1 Å². The van der Waals surface area contributed by atoms with Crippen LogP contribution in [0.15, 0.2) is 18.3 Å². The Morgan fingerprint density at radius 2 is 1.95 bits per heavy atom. The number of nitrogens with one attached hydrogen (secondary N) is 1. The molecule has 2 rings (SSSR count). The molecule has 22 heavy (non-hydrogen) atoms. The van der Waals surface area contributed by atoms with Crippen molar-refractivity contribution in [3.63, 3.8) is 0 Å². The summed E-state index contributed by atoms with van der Waals surface area (Å²) in [6.07, 6.45) is -3.33. The van der Waals surface area contributed by atoms with Crippen molar-refractivity contribution in [3.8, 4) is 5.75 Å². The minimum absolute atomic E-state index is 0.218. The summed E-state index contributed by atoms with van der Waals surface area (Å²) < 4.78 is 41.8. The number of pyridine rings is 1. The number of carboxylic acids is 1. The Morgan fingerprint density at radius 1 is 1.36 bits per heavy atom. The van der Waals surface area contributed by atoms with Gasteiger partial charge in [0, 0.05) is 13.1 Å². The first-order chi connectivity index (χ1) is 10.2. The van der Waals surface area contributed by atoms with E-state index in [-0.39, 0.29) is 11.8 Å². The fourth-order valence-corrected chi connectivity index (χ4v) is 1.21. The summed E-state index contributed by atoms with van der Waals surface area (Å²) in [4.78, 5) is 23.9. The Labute approximate surface area is 123 Å². The standard InChI is InChI=1S/C10H12N2O3.C2HF3O2/c1-14-10(13)9-3-2-7(6-12-9)15-8-4-11-5-8;3-2(4,5)1(6)7/h2-3,6,8,11H,4-5H2,1H3;(H,6,7). The van der Waals surface area contributed by atoms with E-state index in [1.807, 2.05) is 0 Å². The molecule has 0 saturated carbocycles. The second-order valence-electron chi connectivity index (χ2n) is 4.07. The highest BCUT2D eigenvalue weighted by molar-refractivity contribution is 5.87. The average molecular weight is 322 g/mol. The van der Waals surface area contributed by atoms with Crippen LogP contribution in [-0.2, 0) is 9.53 Å². The number of carbonyl (C=O) groups excluding carboxylic acids is 1. The maximum atomic E-state index is 11.1. The number of carboxylic acid groups (broad SMARTS) is 1. The summed E-state index contributed by atoms with van der Waals surface area (Å²) >= 11 is 0. The van der Waals surface area contributed by atoms with E-state index in [0.717, 1.165) is 13.1 Å². The summed E-state index contributed by atoms with van der Waals surface area (Å²) in [7, 11) is 1.33. The average Bonchev–Trinajstić information content (AvgIpc) is 2.42. The third-order valence-electron chi connectivity index (χ3n) is 2.42. The lowest BCUT2D eigenvalue weighted by atomic mass is 10.2. The van der Waals surface area contributed by atoms with Gasteiger partial charge in [0.2, 0.25) is 0 Å². The molecule has 0 bridgehead atoms. The highest BCUT2D eigenvalue weighted by Crippen LogP contribution is 2.13. The molecule has 0 aromatic carbocycles. The molecule has 7 nitrogen and oxygen atoms in total. The van der Waals surface area contributed by atoms with Crippen LogP contribution in [0.1, 0.15) is 10.5 Å². The molecule has 0 radical (unpaired) electrons. The van der Waals surface area contributed by atoms with Crippen molar-refractivity contribution in [3.05, 3.63) is 24.0 Å². The van der Waals surface area contributed by atoms with E-state index in [2.05, 4.69) is 15.0 Å². The van der Waals surface area contributed by atoms with Gasteiger partial charge >= 0.3 is 18.1 Å². The van der Waals surface area contributed by atoms with Crippen LogP contribution in [0.25, 0.3) is 0 Å². The van der Waals surface area contributed by atoms with Gasteiger partial charge in [-0.3, -0.25) is 0 Å². The van der Waals surface area contributed by atoms with Crippen molar-refractivity contribution in [2.75, 3.05) is 20.2 Å². The minimum Gasteiger partial charge on any atom is -0.486 e. The minimum atomic E-state index is -5.08. The number of aliphatic carboxylic acids is 1. The van der Waals surface area contributed by atoms with E-state index in [4.69, 9.17) is 14.6 Å². The van der Waals surface area contributed by atoms with Crippen molar-refractivity contribution >= 4 is 11.9 Å². The number of aromatic nitrogens is 1. The second-order valence-corrected chi connectivity index (χ2v) is 4.07. The normalized spacial score (nSPS) is 14.2. The number of nitrogens with zero attached hydrogens (tertiary/aromatic N) is 1. The zero-order valence-electron chi connectivity index (χ0n) is 11.4. The lowest BCUT2D eigenvalue weighted by Gasteiger charge is -2.27. The highest BCUT2D eigenvalue weighted by Gasteiger charge is 2.38. The molecule has 1 saturated heterocycles. The number of halogens is 3. The Morgan fingerprint density at radius 3 is 2.27 bits per heavy atom. The predicted molar refractivity (Wildman–Crippen MR) is 66.6 cm³/mol. The van der Waals surface area contributed by atoms with E-state index < -0.39 is 18.1 Å². The van der Waals surface area contributed by atoms with Gasteiger partial charge in [-0.2, -0.15) is 13.2 Å². The lowest BCUT2D eigenvalue weighted by Crippen LogP contribution is -2.50. The molecule has 2 heterocycles. The number of alkyl halides is 3. The SMILES string of the molecule is COC(=O)c1ccc(OC2CNC2)cn1.O=C(O)C(F)(F)F. The zero-order valence-corrected chi connectivity index (χ0v) is 11.4. The van der Waals surface area contributed by atoms with Gasteiger partial charge in [0.15, 0.2) is 0 Å². The Balaban J connectivity index is 0.000000295. The molecule has 0 unspecified atom stereocenters. The maximum Gasteiger partial charge on any atom is 0.490 e. The predicted octanol–water partition coefficient (Wildman–Crippen LogP) is 0.852. The van der Waals surface area contributed by atoms with Crippen LogP contribution in [0.2, 0.25) is 0 Å². The maximum absolute atomic E-state index is 11.1. The van der Waals surface area contributed by atoms with Crippen molar-refractivity contribution < 1.29 is 37.3 Å². The summed E-state index contributed by atoms with van der Waals surface area (Å²) in [5.74, 6) is -2.52. The smallest absolute Gasteiger partial charge is 0.486 e. The van der Waals surface area contributed by atoms with Gasteiger partial charge in [0.1, 0.15) is 17.5 Å². The molecule has 1 fully saturated rings. The van der Waals surface area contributed by atoms with Gasteiger partial charge in [-0.1, -0.05) is 0 Å². The first kappa shape index (κ1) is 17.7. The molecule has 10 heteroatoms. The quantitative estimate of drug-likeness (QED) is 0.796. The number of hydrogen-bond donors (Lipinski definition) is 2. The number of methoxy groups -OCH3 is 1. The third-order valence-corrected chi connectivity index (χ3v) is 2.42. The van der Waals surface area contributed by atoms with Crippen LogP contribution in [0.5, 0.6) is 5.75 Å². The van der Waals surface area contributed by atoms with Gasteiger partial charge in [-0.15, -0.1) is 0 Å². The van der Waals surface area contributed by atoms with Gasteiger partial charge < -0.3 is 19.9 Å². The summed E-state index contributed by atoms with van der Waals surface area (Å²) in [5, 5.41) is 10.2. The summed E-state index contributed by atoms with van der Waals surface area (Å²) in [6, 6.07) is 3.31. The van der Waals surface area contributed by atoms with Crippen molar-refractivity contribution in [1.82, 2.24) is 10.3 Å². The molecule has 1 aliphatic heterocycles. The van der Waals surface area contributed by atoms with Crippen molar-refractivity contribution in [2.45, 2.75) is 12.3 Å². The molecule has 122 valence electrons. The van der Waals surface area contributed by atoms with E-state index in [0.29, 0.717) is 5.75 Å². The summed E-state index contributed by atoms with van der Waals surface area (Å²) in [5.41, 5.74) is 0.289.